The number of nitrogens with zero attached hydrogens (tertiary/aromatic N) is 2. The van der Waals surface area contributed by atoms with Crippen molar-refractivity contribution in [1.82, 2.24) is 10.4 Å². The van der Waals surface area contributed by atoms with Gasteiger partial charge in [0, 0.05) is 10.6 Å². The van der Waals surface area contributed by atoms with Gasteiger partial charge in [-0.1, -0.05) is 47.2 Å². The smallest absolute Gasteiger partial charge is 0.283 e. The van der Waals surface area contributed by atoms with Gasteiger partial charge in [0.1, 0.15) is 17.2 Å². The van der Waals surface area contributed by atoms with Crippen molar-refractivity contribution < 1.29 is 9.53 Å². The molecular formula is C19H17ClN4O2S. The number of aromatic nitrogens is 1. The van der Waals surface area contributed by atoms with Crippen molar-refractivity contribution in [3.63, 3.8) is 0 Å². The van der Waals surface area contributed by atoms with E-state index in [0.29, 0.717) is 33.1 Å². The zero-order valence-corrected chi connectivity index (χ0v) is 16.1. The lowest BCUT2D eigenvalue weighted by molar-refractivity contribution is 0.0958. The molecule has 8 heteroatoms. The molecule has 0 radical (unpaired) electrons. The van der Waals surface area contributed by atoms with Crippen LogP contribution in [0.2, 0.25) is 5.02 Å². The molecule has 0 spiro atoms. The molecule has 3 aromatic rings. The van der Waals surface area contributed by atoms with Gasteiger partial charge in [0.25, 0.3) is 5.91 Å². The Balaban J connectivity index is 1.64. The fraction of sp³-hybridized carbons (Fsp3) is 0.105. The number of nitrogens with two attached hydrogens (primary N) is 1. The molecule has 0 aliphatic heterocycles. The Bertz CT molecular complexity index is 970. The molecule has 0 aliphatic rings. The number of aryl methyl sites for hydroxylation is 1. The monoisotopic (exact) mass is 400 g/mol. The van der Waals surface area contributed by atoms with E-state index in [-0.39, 0.29) is 5.91 Å². The zero-order chi connectivity index (χ0) is 19.2. The van der Waals surface area contributed by atoms with Crippen molar-refractivity contribution in [3.8, 4) is 5.75 Å². The zero-order valence-electron chi connectivity index (χ0n) is 14.5. The Morgan fingerprint density at radius 3 is 2.74 bits per heavy atom. The first-order valence-corrected chi connectivity index (χ1v) is 9.25. The maximum Gasteiger partial charge on any atom is 0.283 e. The highest BCUT2D eigenvalue weighted by molar-refractivity contribution is 7.17. The summed E-state index contributed by atoms with van der Waals surface area (Å²) in [6.07, 6.45) is 1.54. The highest BCUT2D eigenvalue weighted by atomic mass is 35.5. The maximum atomic E-state index is 12.1. The number of thiazole rings is 1. The number of nitrogen functional groups attached to an aromatic ring is 1. The van der Waals surface area contributed by atoms with E-state index in [1.54, 1.807) is 6.92 Å². The quantitative estimate of drug-likeness (QED) is 0.483. The van der Waals surface area contributed by atoms with Crippen molar-refractivity contribution in [2.24, 2.45) is 5.10 Å². The third-order valence-corrected chi connectivity index (χ3v) is 4.85. The molecule has 0 saturated carbocycles. The molecule has 1 amide bonds. The van der Waals surface area contributed by atoms with E-state index in [4.69, 9.17) is 22.1 Å². The van der Waals surface area contributed by atoms with Crippen LogP contribution >= 0.6 is 22.9 Å². The van der Waals surface area contributed by atoms with Crippen molar-refractivity contribution in [1.29, 1.82) is 0 Å². The summed E-state index contributed by atoms with van der Waals surface area (Å²) in [5, 5.41) is 5.04. The molecular weight excluding hydrogens is 384 g/mol. The molecule has 3 N–H and O–H groups in total. The van der Waals surface area contributed by atoms with Crippen LogP contribution in [0.25, 0.3) is 0 Å². The number of nitrogens with one attached hydrogen (secondary N) is 1. The van der Waals surface area contributed by atoms with Crippen LogP contribution < -0.4 is 15.9 Å². The highest BCUT2D eigenvalue weighted by Gasteiger charge is 2.13. The Labute approximate surface area is 165 Å². The van der Waals surface area contributed by atoms with E-state index < -0.39 is 0 Å². The SMILES string of the molecule is Cc1nc(N)sc1C(=O)N/N=C\c1ccccc1OCc1ccc(Cl)cc1. The third-order valence-electron chi connectivity index (χ3n) is 3.62. The van der Waals surface area contributed by atoms with E-state index in [2.05, 4.69) is 15.5 Å². The second-order valence-corrected chi connectivity index (χ2v) is 7.09. The van der Waals surface area contributed by atoms with Crippen molar-refractivity contribution in [3.05, 3.63) is 75.3 Å². The first-order valence-electron chi connectivity index (χ1n) is 8.05. The number of carbonyl (C=O) groups excluding carboxylic acids is 1. The van der Waals surface area contributed by atoms with Crippen LogP contribution in [0.3, 0.4) is 0 Å². The summed E-state index contributed by atoms with van der Waals surface area (Å²) >= 11 is 7.01. The van der Waals surface area contributed by atoms with Gasteiger partial charge in [0.2, 0.25) is 0 Å². The van der Waals surface area contributed by atoms with Gasteiger partial charge in [0.05, 0.1) is 11.9 Å². The molecule has 0 saturated heterocycles. The van der Waals surface area contributed by atoms with E-state index in [1.807, 2.05) is 48.5 Å². The summed E-state index contributed by atoms with van der Waals surface area (Å²) in [5.74, 6) is 0.307. The van der Waals surface area contributed by atoms with E-state index in [1.165, 1.54) is 6.21 Å². The minimum absolute atomic E-state index is 0.350. The van der Waals surface area contributed by atoms with Gasteiger partial charge in [0.15, 0.2) is 5.13 Å². The number of rotatable bonds is 6. The molecule has 0 fully saturated rings. The topological polar surface area (TPSA) is 89.6 Å². The Morgan fingerprint density at radius 2 is 2.04 bits per heavy atom. The molecule has 27 heavy (non-hydrogen) atoms. The number of hydrazone groups is 1. The molecule has 0 atom stereocenters. The third kappa shape index (κ3) is 5.06. The summed E-state index contributed by atoms with van der Waals surface area (Å²) in [6, 6.07) is 14.9. The first-order chi connectivity index (χ1) is 13.0. The van der Waals surface area contributed by atoms with Gasteiger partial charge in [-0.15, -0.1) is 0 Å². The fourth-order valence-electron chi connectivity index (χ4n) is 2.30. The molecule has 0 bridgehead atoms. The largest absolute Gasteiger partial charge is 0.488 e. The fourth-order valence-corrected chi connectivity index (χ4v) is 3.15. The molecule has 6 nitrogen and oxygen atoms in total. The number of benzene rings is 2. The lowest BCUT2D eigenvalue weighted by atomic mass is 10.2. The second-order valence-electron chi connectivity index (χ2n) is 5.62. The van der Waals surface area contributed by atoms with Crippen LogP contribution in [0, 0.1) is 6.92 Å². The number of ether oxygens (including phenoxy) is 1. The van der Waals surface area contributed by atoms with E-state index >= 15 is 0 Å². The van der Waals surface area contributed by atoms with Crippen LogP contribution in [-0.4, -0.2) is 17.1 Å². The predicted molar refractivity (Wildman–Crippen MR) is 109 cm³/mol. The maximum absolute atomic E-state index is 12.1. The molecule has 1 heterocycles. The minimum Gasteiger partial charge on any atom is -0.488 e. The van der Waals surface area contributed by atoms with Crippen molar-refractivity contribution >= 4 is 40.2 Å². The Morgan fingerprint density at radius 1 is 1.30 bits per heavy atom. The molecule has 0 unspecified atom stereocenters. The lowest BCUT2D eigenvalue weighted by Gasteiger charge is -2.09. The van der Waals surface area contributed by atoms with Crippen LogP contribution in [-0.2, 0) is 6.61 Å². The lowest BCUT2D eigenvalue weighted by Crippen LogP contribution is -2.17. The molecule has 1 aromatic heterocycles. The summed E-state index contributed by atoms with van der Waals surface area (Å²) in [5.41, 5.74) is 10.4. The first kappa shape index (κ1) is 18.9. The Hall–Kier alpha value is -2.90. The van der Waals surface area contributed by atoms with Crippen molar-refractivity contribution in [2.75, 3.05) is 5.73 Å². The van der Waals surface area contributed by atoms with Gasteiger partial charge in [-0.25, -0.2) is 10.4 Å². The highest BCUT2D eigenvalue weighted by Crippen LogP contribution is 2.20. The van der Waals surface area contributed by atoms with Gasteiger partial charge in [-0.3, -0.25) is 4.79 Å². The molecule has 2 aromatic carbocycles. The standard InChI is InChI=1S/C19H17ClN4O2S/c1-12-17(27-19(21)23-12)18(25)24-22-10-14-4-2-3-5-16(14)26-11-13-6-8-15(20)9-7-13/h2-10H,11H2,1H3,(H2,21,23)(H,24,25)/b22-10-. The predicted octanol–water partition coefficient (Wildman–Crippen LogP) is 4.03. The van der Waals surface area contributed by atoms with Gasteiger partial charge < -0.3 is 10.5 Å². The van der Waals surface area contributed by atoms with Crippen LogP contribution in [0.15, 0.2) is 53.6 Å². The van der Waals surface area contributed by atoms with Crippen molar-refractivity contribution in [2.45, 2.75) is 13.5 Å². The number of anilines is 1. The minimum atomic E-state index is -0.350. The normalized spacial score (nSPS) is 10.9. The van der Waals surface area contributed by atoms with Gasteiger partial charge in [-0.2, -0.15) is 5.10 Å². The summed E-state index contributed by atoms with van der Waals surface area (Å²) in [6.45, 7) is 2.12. The van der Waals surface area contributed by atoms with Gasteiger partial charge >= 0.3 is 0 Å². The Kier molecular flexibility index (Phi) is 6.05. The number of para-hydroxylation sites is 1. The number of hydrogen-bond donors (Lipinski definition) is 2. The van der Waals surface area contributed by atoms with E-state index in [9.17, 15) is 4.79 Å². The average molecular weight is 401 g/mol. The summed E-state index contributed by atoms with van der Waals surface area (Å²) in [4.78, 5) is 16.6. The number of halogens is 1. The van der Waals surface area contributed by atoms with Crippen LogP contribution in [0.5, 0.6) is 5.75 Å². The number of carbonyl (C=O) groups is 1. The van der Waals surface area contributed by atoms with Crippen LogP contribution in [0.1, 0.15) is 26.5 Å². The van der Waals surface area contributed by atoms with Crippen LogP contribution in [0.4, 0.5) is 5.13 Å². The molecule has 0 aliphatic carbocycles. The average Bonchev–Trinajstić information content (AvgIpc) is 3.00. The second kappa shape index (κ2) is 8.66. The summed E-state index contributed by atoms with van der Waals surface area (Å²) < 4.78 is 5.86. The summed E-state index contributed by atoms with van der Waals surface area (Å²) in [7, 11) is 0. The molecule has 3 rings (SSSR count). The molecule has 138 valence electrons. The van der Waals surface area contributed by atoms with E-state index in [0.717, 1.165) is 22.5 Å². The number of hydrogen-bond acceptors (Lipinski definition) is 6. The van der Waals surface area contributed by atoms with Gasteiger partial charge in [-0.05, 0) is 36.8 Å². The number of amides is 1.